The lowest BCUT2D eigenvalue weighted by Gasteiger charge is -2.10. The van der Waals surface area contributed by atoms with Gasteiger partial charge < -0.3 is 5.32 Å². The van der Waals surface area contributed by atoms with Gasteiger partial charge in [0, 0.05) is 29.9 Å². The van der Waals surface area contributed by atoms with Crippen molar-refractivity contribution in [3.63, 3.8) is 0 Å². The lowest BCUT2D eigenvalue weighted by Crippen LogP contribution is -2.27. The minimum absolute atomic E-state index is 0.181. The quantitative estimate of drug-likeness (QED) is 0.380. The SMILES string of the molecule is CC(C)CNC(=O)c1csc(CSc2nnc(-c3cccnc3)n2-c2ccccc2F)n1. The van der Waals surface area contributed by atoms with E-state index in [0.717, 1.165) is 10.6 Å². The Hall–Kier alpha value is -3.11. The number of thiazole rings is 1. The van der Waals surface area contributed by atoms with Gasteiger partial charge in [-0.3, -0.25) is 14.3 Å². The van der Waals surface area contributed by atoms with Gasteiger partial charge in [0.25, 0.3) is 5.91 Å². The lowest BCUT2D eigenvalue weighted by atomic mass is 10.2. The molecule has 0 aliphatic rings. The molecular formula is C22H21FN6OS2. The van der Waals surface area contributed by atoms with Crippen molar-refractivity contribution in [1.29, 1.82) is 0 Å². The Balaban J connectivity index is 1.58. The molecule has 0 radical (unpaired) electrons. The Morgan fingerprint density at radius 3 is 2.81 bits per heavy atom. The van der Waals surface area contributed by atoms with Crippen LogP contribution in [0.4, 0.5) is 4.39 Å². The van der Waals surface area contributed by atoms with Crippen molar-refractivity contribution < 1.29 is 9.18 Å². The van der Waals surface area contributed by atoms with Crippen molar-refractivity contribution in [2.24, 2.45) is 5.92 Å². The summed E-state index contributed by atoms with van der Waals surface area (Å²) in [5.41, 5.74) is 1.48. The van der Waals surface area contributed by atoms with E-state index in [-0.39, 0.29) is 11.7 Å². The molecular weight excluding hydrogens is 447 g/mol. The Bertz CT molecular complexity index is 1210. The number of nitrogens with one attached hydrogen (secondary N) is 1. The Morgan fingerprint density at radius 2 is 2.06 bits per heavy atom. The number of para-hydroxylation sites is 1. The van der Waals surface area contributed by atoms with Gasteiger partial charge in [0.1, 0.15) is 16.5 Å². The maximum Gasteiger partial charge on any atom is 0.270 e. The molecule has 1 N–H and O–H groups in total. The van der Waals surface area contributed by atoms with Crippen molar-refractivity contribution in [2.75, 3.05) is 6.54 Å². The second-order valence-electron chi connectivity index (χ2n) is 7.35. The molecule has 1 aromatic carbocycles. The molecule has 164 valence electrons. The number of pyridine rings is 1. The third kappa shape index (κ3) is 5.03. The molecule has 4 aromatic rings. The van der Waals surface area contributed by atoms with Gasteiger partial charge in [-0.15, -0.1) is 21.5 Å². The zero-order chi connectivity index (χ0) is 22.5. The highest BCUT2D eigenvalue weighted by Gasteiger charge is 2.19. The number of halogens is 1. The van der Waals surface area contributed by atoms with Crippen LogP contribution in [0.15, 0.2) is 59.3 Å². The smallest absolute Gasteiger partial charge is 0.270 e. The molecule has 0 bridgehead atoms. The standard InChI is InChI=1S/C22H21FN6OS2/c1-14(2)10-25-21(30)17-12-31-19(26-17)13-32-22-28-27-20(15-6-5-9-24-11-15)29(22)18-8-4-3-7-16(18)23/h3-9,11-12,14H,10,13H2,1-2H3,(H,25,30). The van der Waals surface area contributed by atoms with E-state index in [2.05, 4.69) is 25.5 Å². The summed E-state index contributed by atoms with van der Waals surface area (Å²) in [6.07, 6.45) is 3.33. The third-order valence-electron chi connectivity index (χ3n) is 4.43. The topological polar surface area (TPSA) is 85.6 Å². The van der Waals surface area contributed by atoms with Crippen molar-refractivity contribution in [2.45, 2.75) is 24.8 Å². The van der Waals surface area contributed by atoms with Gasteiger partial charge in [0.15, 0.2) is 11.0 Å². The van der Waals surface area contributed by atoms with Gasteiger partial charge in [-0.1, -0.05) is 37.7 Å². The highest BCUT2D eigenvalue weighted by molar-refractivity contribution is 7.98. The van der Waals surface area contributed by atoms with Crippen molar-refractivity contribution >= 4 is 29.0 Å². The largest absolute Gasteiger partial charge is 0.350 e. The summed E-state index contributed by atoms with van der Waals surface area (Å²) in [4.78, 5) is 20.8. The fourth-order valence-electron chi connectivity index (χ4n) is 2.89. The first kappa shape index (κ1) is 22.1. The molecule has 0 aliphatic heterocycles. The van der Waals surface area contributed by atoms with E-state index >= 15 is 0 Å². The van der Waals surface area contributed by atoms with Crippen molar-refractivity contribution in [1.82, 2.24) is 30.0 Å². The number of thioether (sulfide) groups is 1. The number of benzene rings is 1. The molecule has 4 rings (SSSR count). The van der Waals surface area contributed by atoms with E-state index in [1.54, 1.807) is 46.6 Å². The average molecular weight is 469 g/mol. The number of hydrogen-bond donors (Lipinski definition) is 1. The minimum atomic E-state index is -0.377. The maximum atomic E-state index is 14.7. The Morgan fingerprint density at radius 1 is 1.22 bits per heavy atom. The van der Waals surface area contributed by atoms with Crippen LogP contribution in [0.25, 0.3) is 17.1 Å². The molecule has 0 unspecified atom stereocenters. The normalized spacial score (nSPS) is 11.1. The molecule has 0 fully saturated rings. The number of aromatic nitrogens is 5. The zero-order valence-electron chi connectivity index (χ0n) is 17.5. The fourth-order valence-corrected chi connectivity index (χ4v) is 4.63. The molecule has 1 amide bonds. The van der Waals surface area contributed by atoms with Crippen LogP contribution in [-0.4, -0.2) is 37.2 Å². The molecule has 0 spiro atoms. The molecule has 32 heavy (non-hydrogen) atoms. The van der Waals surface area contributed by atoms with Crippen molar-refractivity contribution in [3.05, 3.63) is 70.7 Å². The van der Waals surface area contributed by atoms with E-state index in [1.165, 1.54) is 29.2 Å². The van der Waals surface area contributed by atoms with E-state index < -0.39 is 0 Å². The van der Waals surface area contributed by atoms with Crippen LogP contribution in [0.5, 0.6) is 0 Å². The molecule has 0 atom stereocenters. The number of hydrogen-bond acceptors (Lipinski definition) is 7. The van der Waals surface area contributed by atoms with Crippen LogP contribution in [0.2, 0.25) is 0 Å². The predicted octanol–water partition coefficient (Wildman–Crippen LogP) is 4.60. The molecule has 10 heteroatoms. The van der Waals surface area contributed by atoms with Crippen molar-refractivity contribution in [3.8, 4) is 17.1 Å². The molecule has 3 heterocycles. The summed E-state index contributed by atoms with van der Waals surface area (Å²) in [5.74, 6) is 0.782. The molecule has 7 nitrogen and oxygen atoms in total. The minimum Gasteiger partial charge on any atom is -0.350 e. The summed E-state index contributed by atoms with van der Waals surface area (Å²) in [5, 5.41) is 14.5. The molecule has 3 aromatic heterocycles. The Kier molecular flexibility index (Phi) is 6.91. The molecule has 0 saturated carbocycles. The second-order valence-corrected chi connectivity index (χ2v) is 9.24. The summed E-state index contributed by atoms with van der Waals surface area (Å²) >= 11 is 2.79. The zero-order valence-corrected chi connectivity index (χ0v) is 19.2. The number of rotatable bonds is 8. The van der Waals surface area contributed by atoms with Crippen LogP contribution >= 0.6 is 23.1 Å². The van der Waals surface area contributed by atoms with Gasteiger partial charge in [-0.2, -0.15) is 0 Å². The van der Waals surface area contributed by atoms with Gasteiger partial charge in [0.05, 0.1) is 11.4 Å². The number of amides is 1. The first-order valence-electron chi connectivity index (χ1n) is 9.99. The molecule has 0 aliphatic carbocycles. The van der Waals surface area contributed by atoms with Gasteiger partial charge in [-0.05, 0) is 30.2 Å². The first-order chi connectivity index (χ1) is 15.5. The third-order valence-corrected chi connectivity index (χ3v) is 6.40. The van der Waals surface area contributed by atoms with Gasteiger partial charge >= 0.3 is 0 Å². The number of carbonyl (C=O) groups excluding carboxylic acids is 1. The number of nitrogens with zero attached hydrogens (tertiary/aromatic N) is 5. The monoisotopic (exact) mass is 468 g/mol. The van der Waals surface area contributed by atoms with E-state index in [9.17, 15) is 9.18 Å². The summed E-state index contributed by atoms with van der Waals surface area (Å²) in [7, 11) is 0. The van der Waals surface area contributed by atoms with E-state index in [4.69, 9.17) is 0 Å². The molecule has 0 saturated heterocycles. The first-order valence-corrected chi connectivity index (χ1v) is 11.9. The average Bonchev–Trinajstić information content (AvgIpc) is 3.44. The van der Waals surface area contributed by atoms with Crippen LogP contribution in [0.1, 0.15) is 29.3 Å². The van der Waals surface area contributed by atoms with E-state index in [1.807, 2.05) is 19.9 Å². The Labute approximate surface area is 193 Å². The van der Waals surface area contributed by atoms with Crippen LogP contribution < -0.4 is 5.32 Å². The highest BCUT2D eigenvalue weighted by Crippen LogP contribution is 2.31. The number of carbonyl (C=O) groups is 1. The summed E-state index contributed by atoms with van der Waals surface area (Å²) in [6, 6.07) is 10.1. The maximum absolute atomic E-state index is 14.7. The van der Waals surface area contributed by atoms with Gasteiger partial charge in [0.2, 0.25) is 0 Å². The lowest BCUT2D eigenvalue weighted by molar-refractivity contribution is 0.0944. The summed E-state index contributed by atoms with van der Waals surface area (Å²) in [6.45, 7) is 4.67. The summed E-state index contributed by atoms with van der Waals surface area (Å²) < 4.78 is 16.3. The highest BCUT2D eigenvalue weighted by atomic mass is 32.2. The van der Waals surface area contributed by atoms with Crippen LogP contribution in [0.3, 0.4) is 0 Å². The second kappa shape index (κ2) is 10.0. The van der Waals surface area contributed by atoms with Gasteiger partial charge in [-0.25, -0.2) is 9.37 Å². The predicted molar refractivity (Wildman–Crippen MR) is 123 cm³/mol. The van der Waals surface area contributed by atoms with E-state index in [0.29, 0.717) is 40.6 Å². The van der Waals surface area contributed by atoms with Crippen LogP contribution in [0, 0.1) is 11.7 Å². The fraction of sp³-hybridized carbons (Fsp3) is 0.227. The van der Waals surface area contributed by atoms with Crippen LogP contribution in [-0.2, 0) is 5.75 Å².